The Morgan fingerprint density at radius 3 is 2.61 bits per heavy atom. The number of nitrogens with one attached hydrogen (secondary N) is 1. The number of carbonyl (C=O) groups is 1. The molecule has 1 aliphatic heterocycles. The van der Waals surface area contributed by atoms with Crippen molar-refractivity contribution in [3.05, 3.63) is 0 Å². The first kappa shape index (κ1) is 15.4. The van der Waals surface area contributed by atoms with Gasteiger partial charge in [0.2, 0.25) is 5.91 Å². The van der Waals surface area contributed by atoms with E-state index < -0.39 is 0 Å². The van der Waals surface area contributed by atoms with Gasteiger partial charge in [-0.05, 0) is 45.1 Å². The van der Waals surface area contributed by atoms with E-state index in [0.29, 0.717) is 11.8 Å². The smallest absolute Gasteiger partial charge is 0.237 e. The van der Waals surface area contributed by atoms with Crippen LogP contribution in [0.15, 0.2) is 0 Å². The molecule has 1 amide bonds. The summed E-state index contributed by atoms with van der Waals surface area (Å²) in [6.07, 6.45) is 1.85. The van der Waals surface area contributed by atoms with Crippen LogP contribution in [0.4, 0.5) is 0 Å². The fourth-order valence-electron chi connectivity index (χ4n) is 2.40. The molecular weight excluding hydrogens is 228 g/mol. The van der Waals surface area contributed by atoms with Gasteiger partial charge in [0, 0.05) is 13.1 Å². The van der Waals surface area contributed by atoms with E-state index in [4.69, 9.17) is 0 Å². The SMILES string of the molecule is CC(C)CNC(=O)C(C)N1CCCC(C(C)O)C1. The van der Waals surface area contributed by atoms with E-state index >= 15 is 0 Å². The Morgan fingerprint density at radius 1 is 1.39 bits per heavy atom. The van der Waals surface area contributed by atoms with Gasteiger partial charge in [0.1, 0.15) is 0 Å². The average Bonchev–Trinajstić information content (AvgIpc) is 2.35. The lowest BCUT2D eigenvalue weighted by Gasteiger charge is -2.37. The highest BCUT2D eigenvalue weighted by Gasteiger charge is 2.29. The Kier molecular flexibility index (Phi) is 6.09. The van der Waals surface area contributed by atoms with Crippen LogP contribution >= 0.6 is 0 Å². The number of nitrogens with zero attached hydrogens (tertiary/aromatic N) is 1. The number of hydrogen-bond acceptors (Lipinski definition) is 3. The topological polar surface area (TPSA) is 52.6 Å². The summed E-state index contributed by atoms with van der Waals surface area (Å²) in [7, 11) is 0. The lowest BCUT2D eigenvalue weighted by Crippen LogP contribution is -2.50. The monoisotopic (exact) mass is 256 g/mol. The van der Waals surface area contributed by atoms with Crippen molar-refractivity contribution in [1.29, 1.82) is 0 Å². The molecule has 3 unspecified atom stereocenters. The molecule has 1 heterocycles. The van der Waals surface area contributed by atoms with Gasteiger partial charge in [-0.25, -0.2) is 0 Å². The van der Waals surface area contributed by atoms with Crippen LogP contribution in [0.25, 0.3) is 0 Å². The van der Waals surface area contributed by atoms with Crippen molar-refractivity contribution in [1.82, 2.24) is 10.2 Å². The number of amides is 1. The highest BCUT2D eigenvalue weighted by molar-refractivity contribution is 5.81. The largest absolute Gasteiger partial charge is 0.393 e. The normalized spacial score (nSPS) is 24.9. The van der Waals surface area contributed by atoms with Crippen LogP contribution in [0.2, 0.25) is 0 Å². The summed E-state index contributed by atoms with van der Waals surface area (Å²) in [5, 5.41) is 12.6. The Labute approximate surface area is 111 Å². The van der Waals surface area contributed by atoms with Crippen LogP contribution < -0.4 is 5.32 Å². The van der Waals surface area contributed by atoms with Crippen LogP contribution in [0.5, 0.6) is 0 Å². The number of carbonyl (C=O) groups excluding carboxylic acids is 1. The summed E-state index contributed by atoms with van der Waals surface area (Å²) >= 11 is 0. The van der Waals surface area contributed by atoms with Gasteiger partial charge >= 0.3 is 0 Å². The number of aliphatic hydroxyl groups is 1. The molecule has 18 heavy (non-hydrogen) atoms. The maximum Gasteiger partial charge on any atom is 0.237 e. The van der Waals surface area contributed by atoms with Crippen molar-refractivity contribution >= 4 is 5.91 Å². The van der Waals surface area contributed by atoms with Crippen LogP contribution in [-0.4, -0.2) is 47.7 Å². The maximum absolute atomic E-state index is 12.0. The molecule has 4 nitrogen and oxygen atoms in total. The van der Waals surface area contributed by atoms with E-state index in [-0.39, 0.29) is 18.1 Å². The Balaban J connectivity index is 2.45. The minimum atomic E-state index is -0.279. The van der Waals surface area contributed by atoms with Gasteiger partial charge in [0.15, 0.2) is 0 Å². The molecule has 1 aliphatic rings. The van der Waals surface area contributed by atoms with Crippen molar-refractivity contribution in [2.75, 3.05) is 19.6 Å². The summed E-state index contributed by atoms with van der Waals surface area (Å²) in [6, 6.07) is -0.0923. The molecular formula is C14H28N2O2. The molecule has 3 atom stereocenters. The van der Waals surface area contributed by atoms with Crippen molar-refractivity contribution in [3.8, 4) is 0 Å². The van der Waals surface area contributed by atoms with E-state index in [0.717, 1.165) is 32.5 Å². The molecule has 0 spiro atoms. The lowest BCUT2D eigenvalue weighted by atomic mass is 9.92. The number of piperidine rings is 1. The van der Waals surface area contributed by atoms with E-state index in [1.807, 2.05) is 13.8 Å². The zero-order valence-corrected chi connectivity index (χ0v) is 12.1. The highest BCUT2D eigenvalue weighted by Crippen LogP contribution is 2.21. The molecule has 4 heteroatoms. The number of likely N-dealkylation sites (tertiary alicyclic amines) is 1. The zero-order valence-electron chi connectivity index (χ0n) is 12.1. The Bertz CT molecular complexity index is 267. The van der Waals surface area contributed by atoms with Gasteiger partial charge in [-0.3, -0.25) is 9.69 Å². The van der Waals surface area contributed by atoms with Crippen LogP contribution in [-0.2, 0) is 4.79 Å². The second kappa shape index (κ2) is 7.10. The summed E-state index contributed by atoms with van der Waals surface area (Å²) in [5.74, 6) is 0.891. The summed E-state index contributed by atoms with van der Waals surface area (Å²) in [4.78, 5) is 14.2. The third-order valence-electron chi connectivity index (χ3n) is 3.78. The van der Waals surface area contributed by atoms with Crippen LogP contribution in [0.1, 0.15) is 40.5 Å². The molecule has 0 aromatic heterocycles. The fourth-order valence-corrected chi connectivity index (χ4v) is 2.40. The third kappa shape index (κ3) is 4.58. The van der Waals surface area contributed by atoms with E-state index in [9.17, 15) is 9.90 Å². The lowest BCUT2D eigenvalue weighted by molar-refractivity contribution is -0.127. The van der Waals surface area contributed by atoms with Crippen molar-refractivity contribution < 1.29 is 9.90 Å². The van der Waals surface area contributed by atoms with Gasteiger partial charge < -0.3 is 10.4 Å². The van der Waals surface area contributed by atoms with Gasteiger partial charge in [0.25, 0.3) is 0 Å². The first-order valence-electron chi connectivity index (χ1n) is 7.11. The van der Waals surface area contributed by atoms with Crippen LogP contribution in [0.3, 0.4) is 0 Å². The van der Waals surface area contributed by atoms with E-state index in [2.05, 4.69) is 24.1 Å². The molecule has 106 valence electrons. The van der Waals surface area contributed by atoms with Gasteiger partial charge in [0.05, 0.1) is 12.1 Å². The molecule has 0 aliphatic carbocycles. The molecule has 2 N–H and O–H groups in total. The Hall–Kier alpha value is -0.610. The molecule has 0 aromatic rings. The van der Waals surface area contributed by atoms with Crippen molar-refractivity contribution in [2.24, 2.45) is 11.8 Å². The standard InChI is InChI=1S/C14H28N2O2/c1-10(2)8-15-14(18)11(3)16-7-5-6-13(9-16)12(4)17/h10-13,17H,5-9H2,1-4H3,(H,15,18). The molecule has 0 bridgehead atoms. The first-order chi connectivity index (χ1) is 8.41. The first-order valence-corrected chi connectivity index (χ1v) is 7.11. The molecule has 0 aromatic carbocycles. The maximum atomic E-state index is 12.0. The number of rotatable bonds is 5. The third-order valence-corrected chi connectivity index (χ3v) is 3.78. The van der Waals surface area contributed by atoms with Crippen molar-refractivity contribution in [3.63, 3.8) is 0 Å². The summed E-state index contributed by atoms with van der Waals surface area (Å²) in [5.41, 5.74) is 0. The number of aliphatic hydroxyl groups excluding tert-OH is 1. The second-order valence-corrected chi connectivity index (χ2v) is 5.95. The van der Waals surface area contributed by atoms with E-state index in [1.165, 1.54) is 0 Å². The summed E-state index contributed by atoms with van der Waals surface area (Å²) in [6.45, 7) is 10.5. The van der Waals surface area contributed by atoms with Gasteiger partial charge in [-0.2, -0.15) is 0 Å². The van der Waals surface area contributed by atoms with Crippen molar-refractivity contribution in [2.45, 2.75) is 52.7 Å². The molecule has 1 fully saturated rings. The quantitative estimate of drug-likeness (QED) is 0.778. The molecule has 0 radical (unpaired) electrons. The average molecular weight is 256 g/mol. The fraction of sp³-hybridized carbons (Fsp3) is 0.929. The zero-order chi connectivity index (χ0) is 13.7. The predicted octanol–water partition coefficient (Wildman–Crippen LogP) is 1.24. The molecule has 1 rings (SSSR count). The molecule has 1 saturated heterocycles. The minimum absolute atomic E-state index is 0.0923. The van der Waals surface area contributed by atoms with Crippen LogP contribution in [0, 0.1) is 11.8 Å². The molecule has 0 saturated carbocycles. The minimum Gasteiger partial charge on any atom is -0.393 e. The van der Waals surface area contributed by atoms with Gasteiger partial charge in [-0.15, -0.1) is 0 Å². The summed E-state index contributed by atoms with van der Waals surface area (Å²) < 4.78 is 0. The van der Waals surface area contributed by atoms with E-state index in [1.54, 1.807) is 0 Å². The highest BCUT2D eigenvalue weighted by atomic mass is 16.3. The van der Waals surface area contributed by atoms with Gasteiger partial charge in [-0.1, -0.05) is 13.8 Å². The predicted molar refractivity (Wildman–Crippen MR) is 73.3 cm³/mol. The Morgan fingerprint density at radius 2 is 2.06 bits per heavy atom. The second-order valence-electron chi connectivity index (χ2n) is 5.95. The number of hydrogen-bond donors (Lipinski definition) is 2.